The standard InChI is InChI=1S/C20H23NO4/c1-4-21(5-2)19(23)18(15-9-7-6-8-10-15)25-20(24)16-12-11-14(3)13-17(16)22/h6-13,18,22H,4-5H2,1-3H3/t18-/m1/s1. The van der Waals surface area contributed by atoms with Crippen molar-refractivity contribution >= 4 is 11.9 Å². The molecule has 0 heterocycles. The predicted octanol–water partition coefficient (Wildman–Crippen LogP) is 3.47. The third-order valence-electron chi connectivity index (χ3n) is 4.00. The first-order chi connectivity index (χ1) is 12.0. The SMILES string of the molecule is CCN(CC)C(=O)[C@H](OC(=O)c1ccc(C)cc1O)c1ccccc1. The van der Waals surface area contributed by atoms with Gasteiger partial charge < -0.3 is 14.7 Å². The van der Waals surface area contributed by atoms with Gasteiger partial charge in [0.15, 0.2) is 0 Å². The van der Waals surface area contributed by atoms with Crippen molar-refractivity contribution in [3.63, 3.8) is 0 Å². The van der Waals surface area contributed by atoms with Gasteiger partial charge in [-0.05, 0) is 38.5 Å². The number of hydrogen-bond acceptors (Lipinski definition) is 4. The molecular formula is C20H23NO4. The maximum atomic E-state index is 12.8. The number of phenolic OH excluding ortho intramolecular Hbond substituents is 1. The molecule has 0 aliphatic heterocycles. The van der Waals surface area contributed by atoms with Crippen molar-refractivity contribution in [1.29, 1.82) is 0 Å². The molecule has 0 fully saturated rings. The third kappa shape index (κ3) is 4.38. The van der Waals surface area contributed by atoms with Gasteiger partial charge in [0.25, 0.3) is 5.91 Å². The van der Waals surface area contributed by atoms with E-state index in [1.54, 1.807) is 35.2 Å². The van der Waals surface area contributed by atoms with E-state index in [9.17, 15) is 14.7 Å². The molecule has 2 aromatic carbocycles. The summed E-state index contributed by atoms with van der Waals surface area (Å²) in [6.07, 6.45) is -1.05. The van der Waals surface area contributed by atoms with Crippen LogP contribution in [0.2, 0.25) is 0 Å². The highest BCUT2D eigenvalue weighted by Gasteiger charge is 2.29. The van der Waals surface area contributed by atoms with E-state index < -0.39 is 12.1 Å². The van der Waals surface area contributed by atoms with Crippen molar-refractivity contribution in [2.45, 2.75) is 26.9 Å². The van der Waals surface area contributed by atoms with Crippen LogP contribution in [-0.2, 0) is 9.53 Å². The van der Waals surface area contributed by atoms with Gasteiger partial charge in [0.2, 0.25) is 6.10 Å². The van der Waals surface area contributed by atoms with Crippen LogP contribution in [0, 0.1) is 6.92 Å². The van der Waals surface area contributed by atoms with Crippen LogP contribution in [0.3, 0.4) is 0 Å². The summed E-state index contributed by atoms with van der Waals surface area (Å²) in [6.45, 7) is 6.59. The number of rotatable bonds is 6. The van der Waals surface area contributed by atoms with Crippen molar-refractivity contribution in [1.82, 2.24) is 4.90 Å². The lowest BCUT2D eigenvalue weighted by Gasteiger charge is -2.25. The topological polar surface area (TPSA) is 66.8 Å². The fraction of sp³-hybridized carbons (Fsp3) is 0.300. The predicted molar refractivity (Wildman–Crippen MR) is 95.4 cm³/mol. The van der Waals surface area contributed by atoms with Crippen LogP contribution >= 0.6 is 0 Å². The number of benzene rings is 2. The number of esters is 1. The summed E-state index contributed by atoms with van der Waals surface area (Å²) in [5, 5.41) is 9.99. The molecule has 1 N–H and O–H groups in total. The Kier molecular flexibility index (Phi) is 6.17. The van der Waals surface area contributed by atoms with Gasteiger partial charge in [0.05, 0.1) is 0 Å². The highest BCUT2D eigenvalue weighted by Crippen LogP contribution is 2.25. The van der Waals surface area contributed by atoms with E-state index in [2.05, 4.69) is 0 Å². The molecule has 5 nitrogen and oxygen atoms in total. The first-order valence-electron chi connectivity index (χ1n) is 8.32. The Hall–Kier alpha value is -2.82. The van der Waals surface area contributed by atoms with Gasteiger partial charge in [-0.1, -0.05) is 36.4 Å². The van der Waals surface area contributed by atoms with Crippen LogP contribution in [0.25, 0.3) is 0 Å². The Morgan fingerprint density at radius 1 is 1.08 bits per heavy atom. The van der Waals surface area contributed by atoms with Crippen LogP contribution < -0.4 is 0 Å². The maximum Gasteiger partial charge on any atom is 0.343 e. The zero-order chi connectivity index (χ0) is 18.4. The van der Waals surface area contributed by atoms with Crippen LogP contribution in [0.5, 0.6) is 5.75 Å². The maximum absolute atomic E-state index is 12.8. The average Bonchev–Trinajstić information content (AvgIpc) is 2.61. The van der Waals surface area contributed by atoms with Gasteiger partial charge >= 0.3 is 5.97 Å². The minimum absolute atomic E-state index is 0.0406. The van der Waals surface area contributed by atoms with E-state index in [1.807, 2.05) is 26.8 Å². The molecule has 25 heavy (non-hydrogen) atoms. The molecular weight excluding hydrogens is 318 g/mol. The third-order valence-corrected chi connectivity index (χ3v) is 4.00. The van der Waals surface area contributed by atoms with E-state index in [-0.39, 0.29) is 17.2 Å². The largest absolute Gasteiger partial charge is 0.507 e. The van der Waals surface area contributed by atoms with Crippen LogP contribution in [0.1, 0.15) is 41.4 Å². The monoisotopic (exact) mass is 341 g/mol. The molecule has 5 heteroatoms. The highest BCUT2D eigenvalue weighted by molar-refractivity contribution is 5.95. The average molecular weight is 341 g/mol. The van der Waals surface area contributed by atoms with Gasteiger partial charge in [-0.15, -0.1) is 0 Å². The Morgan fingerprint density at radius 2 is 1.72 bits per heavy atom. The lowest BCUT2D eigenvalue weighted by molar-refractivity contribution is -0.140. The Morgan fingerprint density at radius 3 is 2.28 bits per heavy atom. The first kappa shape index (κ1) is 18.5. The summed E-state index contributed by atoms with van der Waals surface area (Å²) in [5.41, 5.74) is 1.46. The molecule has 0 unspecified atom stereocenters. The van der Waals surface area contributed by atoms with Gasteiger partial charge in [-0.3, -0.25) is 4.79 Å². The van der Waals surface area contributed by atoms with Crippen LogP contribution in [0.4, 0.5) is 0 Å². The lowest BCUT2D eigenvalue weighted by atomic mass is 10.1. The number of phenols is 1. The second-order valence-corrected chi connectivity index (χ2v) is 5.73. The van der Waals surface area contributed by atoms with Crippen LogP contribution in [0.15, 0.2) is 48.5 Å². The summed E-state index contributed by atoms with van der Waals surface area (Å²) >= 11 is 0. The van der Waals surface area contributed by atoms with Crippen molar-refractivity contribution in [2.75, 3.05) is 13.1 Å². The molecule has 0 aliphatic carbocycles. The second kappa shape index (κ2) is 8.33. The fourth-order valence-electron chi connectivity index (χ4n) is 2.57. The number of aromatic hydroxyl groups is 1. The number of carbonyl (C=O) groups excluding carboxylic acids is 2. The van der Waals surface area contributed by atoms with Crippen LogP contribution in [-0.4, -0.2) is 35.0 Å². The molecule has 1 amide bonds. The van der Waals surface area contributed by atoms with E-state index in [4.69, 9.17) is 4.74 Å². The number of likely N-dealkylation sites (N-methyl/N-ethyl adjacent to an activating group) is 1. The molecule has 132 valence electrons. The molecule has 0 spiro atoms. The molecule has 0 aliphatic rings. The van der Waals surface area contributed by atoms with Gasteiger partial charge in [-0.2, -0.15) is 0 Å². The molecule has 0 saturated carbocycles. The summed E-state index contributed by atoms with van der Waals surface area (Å²) in [7, 11) is 0. The Labute approximate surface area is 147 Å². The Balaban J connectivity index is 2.33. The second-order valence-electron chi connectivity index (χ2n) is 5.73. The number of carbonyl (C=O) groups is 2. The summed E-state index contributed by atoms with van der Waals surface area (Å²) in [5.74, 6) is -1.17. The first-order valence-corrected chi connectivity index (χ1v) is 8.32. The molecule has 0 radical (unpaired) electrons. The quantitative estimate of drug-likeness (QED) is 0.817. The van der Waals surface area contributed by atoms with Gasteiger partial charge in [0.1, 0.15) is 11.3 Å². The minimum atomic E-state index is -1.05. The van der Waals surface area contributed by atoms with E-state index in [0.717, 1.165) is 5.56 Å². The molecule has 2 aromatic rings. The normalized spacial score (nSPS) is 11.6. The zero-order valence-electron chi connectivity index (χ0n) is 14.7. The summed E-state index contributed by atoms with van der Waals surface area (Å²) in [4.78, 5) is 26.9. The van der Waals surface area contributed by atoms with Crippen molar-refractivity contribution < 1.29 is 19.4 Å². The molecule has 1 atom stereocenters. The van der Waals surface area contributed by atoms with Crippen molar-refractivity contribution in [3.8, 4) is 5.75 Å². The molecule has 0 aromatic heterocycles. The lowest BCUT2D eigenvalue weighted by Crippen LogP contribution is -2.36. The number of hydrogen-bond donors (Lipinski definition) is 1. The number of nitrogens with zero attached hydrogens (tertiary/aromatic N) is 1. The number of aryl methyl sites for hydroxylation is 1. The number of ether oxygens (including phenoxy) is 1. The van der Waals surface area contributed by atoms with Gasteiger partial charge in [0, 0.05) is 18.7 Å². The van der Waals surface area contributed by atoms with Crippen molar-refractivity contribution in [3.05, 3.63) is 65.2 Å². The fourth-order valence-corrected chi connectivity index (χ4v) is 2.57. The highest BCUT2D eigenvalue weighted by atomic mass is 16.5. The van der Waals surface area contributed by atoms with E-state index in [0.29, 0.717) is 18.7 Å². The molecule has 0 saturated heterocycles. The molecule has 0 bridgehead atoms. The van der Waals surface area contributed by atoms with Crippen molar-refractivity contribution in [2.24, 2.45) is 0 Å². The minimum Gasteiger partial charge on any atom is -0.507 e. The molecule has 2 rings (SSSR count). The van der Waals surface area contributed by atoms with E-state index in [1.165, 1.54) is 12.1 Å². The summed E-state index contributed by atoms with van der Waals surface area (Å²) < 4.78 is 5.50. The zero-order valence-corrected chi connectivity index (χ0v) is 14.7. The number of amides is 1. The summed E-state index contributed by atoms with van der Waals surface area (Å²) in [6, 6.07) is 13.6. The van der Waals surface area contributed by atoms with Gasteiger partial charge in [-0.25, -0.2) is 4.79 Å². The smallest absolute Gasteiger partial charge is 0.343 e. The van der Waals surface area contributed by atoms with E-state index >= 15 is 0 Å². The Bertz CT molecular complexity index is 739.